The van der Waals surface area contributed by atoms with E-state index in [1.54, 1.807) is 0 Å². The molecule has 2 rings (SSSR count). The average Bonchev–Trinajstić information content (AvgIpc) is 2.78. The van der Waals surface area contributed by atoms with Gasteiger partial charge in [-0.3, -0.25) is 10.1 Å². The van der Waals surface area contributed by atoms with Crippen molar-refractivity contribution >= 4 is 11.4 Å². The molecule has 5 nitrogen and oxygen atoms in total. The third-order valence-corrected chi connectivity index (χ3v) is 3.43. The van der Waals surface area contributed by atoms with E-state index in [1.807, 2.05) is 0 Å². The van der Waals surface area contributed by atoms with E-state index < -0.39 is 22.0 Å². The number of rotatable bonds is 4. The van der Waals surface area contributed by atoms with Gasteiger partial charge in [-0.05, 0) is 25.0 Å². The van der Waals surface area contributed by atoms with Gasteiger partial charge < -0.3 is 10.4 Å². The molecule has 18 heavy (non-hydrogen) atoms. The molecule has 0 spiro atoms. The second-order valence-corrected chi connectivity index (χ2v) is 4.66. The molecule has 0 heterocycles. The first kappa shape index (κ1) is 12.8. The fraction of sp³-hybridized carbons (Fsp3) is 0.500. The summed E-state index contributed by atoms with van der Waals surface area (Å²) in [6, 6.07) is 3.95. The molecule has 1 saturated carbocycles. The Morgan fingerprint density at radius 2 is 2.11 bits per heavy atom. The molecular formula is C12H15FN2O3. The number of nitrogens with one attached hydrogen (secondary N) is 1. The van der Waals surface area contributed by atoms with Crippen LogP contribution in [0, 0.1) is 15.9 Å². The highest BCUT2D eigenvalue weighted by atomic mass is 19.1. The maximum atomic E-state index is 13.5. The Kier molecular flexibility index (Phi) is 3.47. The lowest BCUT2D eigenvalue weighted by molar-refractivity contribution is -0.386. The molecule has 0 aliphatic heterocycles. The number of nitrogens with zero attached hydrogens (tertiary/aromatic N) is 1. The highest BCUT2D eigenvalue weighted by molar-refractivity contribution is 5.63. The summed E-state index contributed by atoms with van der Waals surface area (Å²) < 4.78 is 13.5. The van der Waals surface area contributed by atoms with Gasteiger partial charge in [0.2, 0.25) is 5.82 Å². The fourth-order valence-corrected chi connectivity index (χ4v) is 2.46. The van der Waals surface area contributed by atoms with Crippen molar-refractivity contribution in [2.45, 2.75) is 31.2 Å². The minimum absolute atomic E-state index is 0.110. The number of aliphatic hydroxyl groups excluding tert-OH is 1. The lowest BCUT2D eigenvalue weighted by Crippen LogP contribution is -2.39. The van der Waals surface area contributed by atoms with E-state index in [4.69, 9.17) is 0 Å². The van der Waals surface area contributed by atoms with E-state index >= 15 is 0 Å². The SMILES string of the molecule is O=[N+]([O-])c1c(F)cccc1NC1(CO)CCCC1. The van der Waals surface area contributed by atoms with Gasteiger partial charge in [-0.25, -0.2) is 0 Å². The summed E-state index contributed by atoms with van der Waals surface area (Å²) >= 11 is 0. The van der Waals surface area contributed by atoms with Gasteiger partial charge in [0, 0.05) is 0 Å². The van der Waals surface area contributed by atoms with Gasteiger partial charge in [0.15, 0.2) is 0 Å². The summed E-state index contributed by atoms with van der Waals surface area (Å²) in [6.07, 6.45) is 3.38. The van der Waals surface area contributed by atoms with Crippen LogP contribution >= 0.6 is 0 Å². The molecule has 0 amide bonds. The van der Waals surface area contributed by atoms with E-state index in [0.29, 0.717) is 0 Å². The largest absolute Gasteiger partial charge is 0.394 e. The van der Waals surface area contributed by atoms with Gasteiger partial charge in [-0.15, -0.1) is 0 Å². The lowest BCUT2D eigenvalue weighted by atomic mass is 9.98. The minimum Gasteiger partial charge on any atom is -0.394 e. The van der Waals surface area contributed by atoms with Crippen molar-refractivity contribution in [2.24, 2.45) is 0 Å². The van der Waals surface area contributed by atoms with Crippen LogP contribution in [0.4, 0.5) is 15.8 Å². The Morgan fingerprint density at radius 3 is 2.67 bits per heavy atom. The van der Waals surface area contributed by atoms with Gasteiger partial charge in [-0.1, -0.05) is 18.9 Å². The number of para-hydroxylation sites is 1. The molecule has 1 aliphatic carbocycles. The fourth-order valence-electron chi connectivity index (χ4n) is 2.46. The predicted octanol–water partition coefficient (Wildman–Crippen LogP) is 2.45. The van der Waals surface area contributed by atoms with Crippen LogP contribution < -0.4 is 5.32 Å². The van der Waals surface area contributed by atoms with Crippen LogP contribution in [0.3, 0.4) is 0 Å². The van der Waals surface area contributed by atoms with Crippen LogP contribution in [0.2, 0.25) is 0 Å². The second-order valence-electron chi connectivity index (χ2n) is 4.66. The van der Waals surface area contributed by atoms with Crippen LogP contribution in [-0.4, -0.2) is 22.2 Å². The molecule has 6 heteroatoms. The third kappa shape index (κ3) is 2.28. The summed E-state index contributed by atoms with van der Waals surface area (Å²) in [6.45, 7) is -0.110. The van der Waals surface area contributed by atoms with Crippen molar-refractivity contribution < 1.29 is 14.4 Å². The first-order chi connectivity index (χ1) is 8.58. The quantitative estimate of drug-likeness (QED) is 0.639. The Hall–Kier alpha value is -1.69. The van der Waals surface area contributed by atoms with Crippen molar-refractivity contribution in [1.82, 2.24) is 0 Å². The molecule has 98 valence electrons. The molecule has 0 saturated heterocycles. The van der Waals surface area contributed by atoms with E-state index in [-0.39, 0.29) is 12.3 Å². The maximum absolute atomic E-state index is 13.5. The van der Waals surface area contributed by atoms with Crippen LogP contribution in [-0.2, 0) is 0 Å². The van der Waals surface area contributed by atoms with Crippen molar-refractivity contribution in [1.29, 1.82) is 0 Å². The summed E-state index contributed by atoms with van der Waals surface area (Å²) in [7, 11) is 0. The van der Waals surface area contributed by atoms with Crippen molar-refractivity contribution in [2.75, 3.05) is 11.9 Å². The number of nitro benzene ring substituents is 1. The monoisotopic (exact) mass is 254 g/mol. The molecule has 0 atom stereocenters. The van der Waals surface area contributed by atoms with Gasteiger partial charge >= 0.3 is 5.69 Å². The highest BCUT2D eigenvalue weighted by Gasteiger charge is 2.35. The van der Waals surface area contributed by atoms with Crippen molar-refractivity contribution in [3.05, 3.63) is 34.1 Å². The summed E-state index contributed by atoms with van der Waals surface area (Å²) in [5, 5.41) is 23.3. The topological polar surface area (TPSA) is 75.4 Å². The van der Waals surface area contributed by atoms with Gasteiger partial charge in [0.1, 0.15) is 5.69 Å². The zero-order chi connectivity index (χ0) is 13.2. The number of nitro groups is 1. The second kappa shape index (κ2) is 4.89. The minimum atomic E-state index is -0.865. The maximum Gasteiger partial charge on any atom is 0.327 e. The zero-order valence-corrected chi connectivity index (χ0v) is 9.86. The number of anilines is 1. The van der Waals surface area contributed by atoms with Crippen LogP contribution in [0.15, 0.2) is 18.2 Å². The van der Waals surface area contributed by atoms with Crippen LogP contribution in [0.25, 0.3) is 0 Å². The van der Waals surface area contributed by atoms with E-state index in [1.165, 1.54) is 12.1 Å². The predicted molar refractivity (Wildman–Crippen MR) is 65.0 cm³/mol. The van der Waals surface area contributed by atoms with Crippen LogP contribution in [0.1, 0.15) is 25.7 Å². The van der Waals surface area contributed by atoms with E-state index in [0.717, 1.165) is 31.7 Å². The summed E-state index contributed by atoms with van der Waals surface area (Å²) in [5.41, 5.74) is -0.980. The van der Waals surface area contributed by atoms with Gasteiger partial charge in [0.05, 0.1) is 17.1 Å². The molecule has 0 radical (unpaired) electrons. The Labute approximate surface area is 104 Å². The molecule has 2 N–H and O–H groups in total. The van der Waals surface area contributed by atoms with Gasteiger partial charge in [0.25, 0.3) is 0 Å². The number of hydrogen-bond donors (Lipinski definition) is 2. The Balaban J connectivity index is 2.34. The molecule has 1 aromatic carbocycles. The van der Waals surface area contributed by atoms with Crippen molar-refractivity contribution in [3.63, 3.8) is 0 Å². The standard InChI is InChI=1S/C12H15FN2O3/c13-9-4-3-5-10(11(9)15(17)18)14-12(8-16)6-1-2-7-12/h3-5,14,16H,1-2,6-8H2. The average molecular weight is 254 g/mol. The highest BCUT2D eigenvalue weighted by Crippen LogP contribution is 2.36. The molecule has 1 aromatic rings. The van der Waals surface area contributed by atoms with Gasteiger partial charge in [-0.2, -0.15) is 4.39 Å². The van der Waals surface area contributed by atoms with Crippen molar-refractivity contribution in [3.8, 4) is 0 Å². The zero-order valence-electron chi connectivity index (χ0n) is 9.86. The third-order valence-electron chi connectivity index (χ3n) is 3.43. The summed E-state index contributed by atoms with van der Waals surface area (Å²) in [5.74, 6) is -0.865. The number of benzene rings is 1. The normalized spacial score (nSPS) is 17.7. The number of aliphatic hydroxyl groups is 1. The van der Waals surface area contributed by atoms with E-state index in [9.17, 15) is 19.6 Å². The molecule has 0 aromatic heterocycles. The molecular weight excluding hydrogens is 239 g/mol. The number of hydrogen-bond acceptors (Lipinski definition) is 4. The molecule has 0 bridgehead atoms. The molecule has 1 fully saturated rings. The molecule has 0 unspecified atom stereocenters. The first-order valence-electron chi connectivity index (χ1n) is 5.90. The lowest BCUT2D eigenvalue weighted by Gasteiger charge is -2.29. The smallest absolute Gasteiger partial charge is 0.327 e. The Bertz CT molecular complexity index is 459. The van der Waals surface area contributed by atoms with E-state index in [2.05, 4.69) is 5.32 Å². The first-order valence-corrected chi connectivity index (χ1v) is 5.90. The summed E-state index contributed by atoms with van der Waals surface area (Å²) in [4.78, 5) is 10.1. The Morgan fingerprint density at radius 1 is 1.44 bits per heavy atom. The molecule has 1 aliphatic rings. The number of halogens is 1. The van der Waals surface area contributed by atoms with Crippen LogP contribution in [0.5, 0.6) is 0 Å².